The molecule has 0 atom stereocenters. The molecule has 0 radical (unpaired) electrons. The van der Waals surface area contributed by atoms with Crippen LogP contribution in [0.25, 0.3) is 16.5 Å². The fourth-order valence-electron chi connectivity index (χ4n) is 3.16. The van der Waals surface area contributed by atoms with Gasteiger partial charge in [-0.1, -0.05) is 48.5 Å². The van der Waals surface area contributed by atoms with Gasteiger partial charge in [0.15, 0.2) is 5.69 Å². The standard InChI is InChI=1S/C22H18N4O4S/c1-31(29,30)25-19-14-8-7-13-18(19)23-21(27)20-16-11-5-6-12-17(16)22(28)26(24-20)15-9-3-2-4-10-15/h2-14,25H,1H3,(H,23,27). The van der Waals surface area contributed by atoms with E-state index in [9.17, 15) is 18.0 Å². The molecule has 156 valence electrons. The van der Waals surface area contributed by atoms with Crippen LogP contribution >= 0.6 is 0 Å². The molecule has 31 heavy (non-hydrogen) atoms. The number of carbonyl (C=O) groups excluding carboxylic acids is 1. The second-order valence-corrected chi connectivity index (χ2v) is 8.57. The second kappa shape index (κ2) is 8.04. The first kappa shape index (κ1) is 20.3. The van der Waals surface area contributed by atoms with Crippen molar-refractivity contribution in [3.8, 4) is 5.69 Å². The highest BCUT2D eigenvalue weighted by atomic mass is 32.2. The first-order valence-corrected chi connectivity index (χ1v) is 11.2. The number of benzene rings is 3. The Morgan fingerprint density at radius 3 is 2.10 bits per heavy atom. The van der Waals surface area contributed by atoms with Gasteiger partial charge in [-0.05, 0) is 30.3 Å². The maximum absolute atomic E-state index is 13.2. The van der Waals surface area contributed by atoms with Gasteiger partial charge in [-0.2, -0.15) is 9.78 Å². The third kappa shape index (κ3) is 4.31. The molecule has 0 aliphatic carbocycles. The summed E-state index contributed by atoms with van der Waals surface area (Å²) >= 11 is 0. The number of sulfonamides is 1. The Labute approximate surface area is 178 Å². The van der Waals surface area contributed by atoms with Gasteiger partial charge in [0.25, 0.3) is 11.5 Å². The summed E-state index contributed by atoms with van der Waals surface area (Å²) in [4.78, 5) is 26.1. The number of hydrogen-bond donors (Lipinski definition) is 2. The van der Waals surface area contributed by atoms with Crippen LogP contribution < -0.4 is 15.6 Å². The maximum atomic E-state index is 13.2. The second-order valence-electron chi connectivity index (χ2n) is 6.82. The number of fused-ring (bicyclic) bond motifs is 1. The topological polar surface area (TPSA) is 110 Å². The van der Waals surface area contributed by atoms with Crippen molar-refractivity contribution < 1.29 is 13.2 Å². The van der Waals surface area contributed by atoms with Gasteiger partial charge in [0.1, 0.15) is 0 Å². The number of aromatic nitrogens is 2. The van der Waals surface area contributed by atoms with Crippen molar-refractivity contribution in [2.45, 2.75) is 0 Å². The molecule has 9 heteroatoms. The Bertz CT molecular complexity index is 1450. The molecule has 0 bridgehead atoms. The first-order chi connectivity index (χ1) is 14.8. The van der Waals surface area contributed by atoms with Crippen LogP contribution in [0.3, 0.4) is 0 Å². The average molecular weight is 434 g/mol. The van der Waals surface area contributed by atoms with E-state index >= 15 is 0 Å². The minimum Gasteiger partial charge on any atom is -0.319 e. The van der Waals surface area contributed by atoms with Gasteiger partial charge < -0.3 is 5.32 Å². The summed E-state index contributed by atoms with van der Waals surface area (Å²) in [7, 11) is -3.55. The highest BCUT2D eigenvalue weighted by molar-refractivity contribution is 7.92. The predicted octanol–water partition coefficient (Wildman–Crippen LogP) is 3.01. The third-order valence-corrected chi connectivity index (χ3v) is 5.08. The van der Waals surface area contributed by atoms with Crippen LogP contribution in [-0.2, 0) is 10.0 Å². The lowest BCUT2D eigenvalue weighted by Gasteiger charge is -2.14. The van der Waals surface area contributed by atoms with Crippen molar-refractivity contribution in [3.63, 3.8) is 0 Å². The number of nitrogens with one attached hydrogen (secondary N) is 2. The quantitative estimate of drug-likeness (QED) is 0.502. The van der Waals surface area contributed by atoms with Gasteiger partial charge >= 0.3 is 0 Å². The van der Waals surface area contributed by atoms with E-state index in [-0.39, 0.29) is 22.6 Å². The summed E-state index contributed by atoms with van der Waals surface area (Å²) in [6.07, 6.45) is 1.02. The van der Waals surface area contributed by atoms with E-state index in [0.717, 1.165) is 6.26 Å². The van der Waals surface area contributed by atoms with Crippen molar-refractivity contribution >= 4 is 38.1 Å². The first-order valence-electron chi connectivity index (χ1n) is 9.29. The fourth-order valence-corrected chi connectivity index (χ4v) is 3.74. The van der Waals surface area contributed by atoms with Crippen molar-refractivity contribution in [2.75, 3.05) is 16.3 Å². The molecule has 0 aliphatic heterocycles. The van der Waals surface area contributed by atoms with Crippen LogP contribution in [0, 0.1) is 0 Å². The molecule has 0 unspecified atom stereocenters. The number of carbonyl (C=O) groups is 1. The van der Waals surface area contributed by atoms with E-state index in [1.807, 2.05) is 6.07 Å². The zero-order valence-corrected chi connectivity index (χ0v) is 17.3. The molecule has 1 heterocycles. The molecule has 0 spiro atoms. The van der Waals surface area contributed by atoms with Crippen LogP contribution in [0.2, 0.25) is 0 Å². The zero-order chi connectivity index (χ0) is 22.0. The van der Waals surface area contributed by atoms with Crippen LogP contribution in [0.1, 0.15) is 10.5 Å². The van der Waals surface area contributed by atoms with Gasteiger partial charge in [0.2, 0.25) is 10.0 Å². The number of anilines is 2. The lowest BCUT2D eigenvalue weighted by molar-refractivity contribution is 0.102. The van der Waals surface area contributed by atoms with E-state index < -0.39 is 15.9 Å². The molecule has 8 nitrogen and oxygen atoms in total. The molecular weight excluding hydrogens is 416 g/mol. The summed E-state index contributed by atoms with van der Waals surface area (Å²) in [6, 6.07) is 21.9. The molecule has 1 amide bonds. The van der Waals surface area contributed by atoms with Crippen molar-refractivity contribution in [2.24, 2.45) is 0 Å². The third-order valence-electron chi connectivity index (χ3n) is 4.49. The lowest BCUT2D eigenvalue weighted by atomic mass is 10.1. The number of amides is 1. The van der Waals surface area contributed by atoms with Crippen molar-refractivity contribution in [3.05, 3.63) is 94.9 Å². The number of hydrogen-bond acceptors (Lipinski definition) is 5. The minimum atomic E-state index is -3.55. The van der Waals surface area contributed by atoms with Crippen LogP contribution in [0.15, 0.2) is 83.7 Å². The molecule has 1 aromatic heterocycles. The molecule has 2 N–H and O–H groups in total. The Hall–Kier alpha value is -3.98. The van der Waals surface area contributed by atoms with Gasteiger partial charge in [0, 0.05) is 5.39 Å². The molecule has 0 saturated carbocycles. The molecule has 4 aromatic rings. The molecular formula is C22H18N4O4S. The Morgan fingerprint density at radius 1 is 0.839 bits per heavy atom. The van der Waals surface area contributed by atoms with E-state index in [0.29, 0.717) is 16.5 Å². The number of para-hydroxylation sites is 3. The Morgan fingerprint density at radius 2 is 1.42 bits per heavy atom. The smallest absolute Gasteiger partial charge is 0.279 e. The summed E-state index contributed by atoms with van der Waals surface area (Å²) in [6.45, 7) is 0. The van der Waals surface area contributed by atoms with Crippen LogP contribution in [0.4, 0.5) is 11.4 Å². The summed E-state index contributed by atoms with van der Waals surface area (Å²) in [5, 5.41) is 7.76. The molecule has 0 saturated heterocycles. The van der Waals surface area contributed by atoms with E-state index in [1.54, 1.807) is 66.7 Å². The van der Waals surface area contributed by atoms with E-state index in [1.165, 1.54) is 10.7 Å². The normalized spacial score (nSPS) is 11.3. The largest absolute Gasteiger partial charge is 0.319 e. The van der Waals surface area contributed by atoms with Gasteiger partial charge in [0.05, 0.1) is 28.7 Å². The molecule has 0 fully saturated rings. The summed E-state index contributed by atoms with van der Waals surface area (Å²) < 4.78 is 26.8. The van der Waals surface area contributed by atoms with Crippen LogP contribution in [-0.4, -0.2) is 30.4 Å². The molecule has 4 rings (SSSR count). The SMILES string of the molecule is CS(=O)(=O)Nc1ccccc1NC(=O)c1nn(-c2ccccc2)c(=O)c2ccccc12. The highest BCUT2D eigenvalue weighted by Gasteiger charge is 2.19. The lowest BCUT2D eigenvalue weighted by Crippen LogP contribution is -2.26. The Kier molecular flexibility index (Phi) is 5.26. The number of rotatable bonds is 5. The van der Waals surface area contributed by atoms with Crippen molar-refractivity contribution in [1.29, 1.82) is 0 Å². The maximum Gasteiger partial charge on any atom is 0.279 e. The molecule has 3 aromatic carbocycles. The predicted molar refractivity (Wildman–Crippen MR) is 120 cm³/mol. The highest BCUT2D eigenvalue weighted by Crippen LogP contribution is 2.23. The fraction of sp³-hybridized carbons (Fsp3) is 0.0455. The van der Waals surface area contributed by atoms with Gasteiger partial charge in [-0.15, -0.1) is 0 Å². The molecule has 0 aliphatic rings. The van der Waals surface area contributed by atoms with Gasteiger partial charge in [-0.3, -0.25) is 14.3 Å². The number of nitrogens with zero attached hydrogens (tertiary/aromatic N) is 2. The summed E-state index contributed by atoms with van der Waals surface area (Å²) in [5.41, 5.74) is 0.692. The minimum absolute atomic E-state index is 0.0354. The monoisotopic (exact) mass is 434 g/mol. The zero-order valence-electron chi connectivity index (χ0n) is 16.4. The average Bonchev–Trinajstić information content (AvgIpc) is 2.75. The van der Waals surface area contributed by atoms with Crippen molar-refractivity contribution in [1.82, 2.24) is 9.78 Å². The Balaban J connectivity index is 1.83. The van der Waals surface area contributed by atoms with Gasteiger partial charge in [-0.25, -0.2) is 8.42 Å². The van der Waals surface area contributed by atoms with E-state index in [2.05, 4.69) is 15.1 Å². The summed E-state index contributed by atoms with van der Waals surface area (Å²) in [5.74, 6) is -0.580. The van der Waals surface area contributed by atoms with E-state index in [4.69, 9.17) is 0 Å². The van der Waals surface area contributed by atoms with Crippen LogP contribution in [0.5, 0.6) is 0 Å².